The fraction of sp³-hybridized carbons (Fsp3) is 0.350. The van der Waals surface area contributed by atoms with Crippen LogP contribution in [-0.4, -0.2) is 30.8 Å². The van der Waals surface area contributed by atoms with Gasteiger partial charge in [0.05, 0.1) is 11.4 Å². The molecule has 144 valence electrons. The first-order valence-corrected chi connectivity index (χ1v) is 9.71. The number of hydrogen-bond donors (Lipinski definition) is 3. The number of carbonyl (C=O) groups is 3. The topological polar surface area (TPSA) is 87.3 Å². The summed E-state index contributed by atoms with van der Waals surface area (Å²) in [6, 6.07) is 7.58. The minimum Gasteiger partial charge on any atom is -0.351 e. The maximum atomic E-state index is 12.1. The number of thiophene rings is 1. The summed E-state index contributed by atoms with van der Waals surface area (Å²) in [5.41, 5.74) is 3.92. The number of hydrogen-bond acceptors (Lipinski definition) is 4. The van der Waals surface area contributed by atoms with Crippen LogP contribution in [0.15, 0.2) is 29.6 Å². The van der Waals surface area contributed by atoms with E-state index >= 15 is 0 Å². The minimum atomic E-state index is -0.260. The Bertz CT molecular complexity index is 793. The molecule has 3 amide bonds. The van der Waals surface area contributed by atoms with Gasteiger partial charge in [0.25, 0.3) is 5.91 Å². The van der Waals surface area contributed by atoms with Gasteiger partial charge in [-0.3, -0.25) is 14.4 Å². The van der Waals surface area contributed by atoms with Crippen LogP contribution in [0.1, 0.15) is 39.2 Å². The molecule has 0 saturated heterocycles. The summed E-state index contributed by atoms with van der Waals surface area (Å²) in [4.78, 5) is 36.3. The molecule has 1 heterocycles. The molecule has 0 bridgehead atoms. The van der Waals surface area contributed by atoms with E-state index in [1.165, 1.54) is 11.3 Å². The number of aryl methyl sites for hydroxylation is 3. The first-order valence-electron chi connectivity index (χ1n) is 8.83. The van der Waals surface area contributed by atoms with E-state index in [-0.39, 0.29) is 30.7 Å². The molecule has 0 aliphatic carbocycles. The number of rotatable bonds is 8. The molecule has 7 heteroatoms. The van der Waals surface area contributed by atoms with Gasteiger partial charge in [-0.1, -0.05) is 23.8 Å². The molecule has 0 fully saturated rings. The lowest BCUT2D eigenvalue weighted by Gasteiger charge is -2.13. The van der Waals surface area contributed by atoms with E-state index in [9.17, 15) is 14.4 Å². The van der Waals surface area contributed by atoms with Gasteiger partial charge in [-0.05, 0) is 49.8 Å². The van der Waals surface area contributed by atoms with Crippen LogP contribution in [0.2, 0.25) is 0 Å². The van der Waals surface area contributed by atoms with Crippen LogP contribution >= 0.6 is 11.3 Å². The lowest BCUT2D eigenvalue weighted by Crippen LogP contribution is -2.33. The lowest BCUT2D eigenvalue weighted by molar-refractivity contribution is -0.124. The molecule has 27 heavy (non-hydrogen) atoms. The highest BCUT2D eigenvalue weighted by Crippen LogP contribution is 2.21. The quantitative estimate of drug-likeness (QED) is 0.609. The number of benzene rings is 1. The van der Waals surface area contributed by atoms with Crippen molar-refractivity contribution >= 4 is 34.7 Å². The summed E-state index contributed by atoms with van der Waals surface area (Å²) >= 11 is 1.37. The van der Waals surface area contributed by atoms with Crippen molar-refractivity contribution in [3.63, 3.8) is 0 Å². The van der Waals surface area contributed by atoms with Crippen LogP contribution in [0.4, 0.5) is 5.69 Å². The maximum absolute atomic E-state index is 12.1. The van der Waals surface area contributed by atoms with Gasteiger partial charge in [-0.15, -0.1) is 11.3 Å². The SMILES string of the molecule is Cc1cc(C)c(NC(=O)CNC(=O)CCCNC(=O)c2cccs2)c(C)c1. The van der Waals surface area contributed by atoms with E-state index < -0.39 is 0 Å². The van der Waals surface area contributed by atoms with Crippen LogP contribution in [0, 0.1) is 20.8 Å². The highest BCUT2D eigenvalue weighted by molar-refractivity contribution is 7.12. The molecule has 1 aromatic carbocycles. The molecule has 0 unspecified atom stereocenters. The summed E-state index contributed by atoms with van der Waals surface area (Å²) in [5, 5.41) is 10.1. The van der Waals surface area contributed by atoms with E-state index in [2.05, 4.69) is 16.0 Å². The summed E-state index contributed by atoms with van der Waals surface area (Å²) in [7, 11) is 0. The molecular formula is C20H25N3O3S. The number of anilines is 1. The Kier molecular flexibility index (Phi) is 7.55. The second-order valence-corrected chi connectivity index (χ2v) is 7.38. The smallest absolute Gasteiger partial charge is 0.261 e. The van der Waals surface area contributed by atoms with Gasteiger partial charge < -0.3 is 16.0 Å². The summed E-state index contributed by atoms with van der Waals surface area (Å²) in [5.74, 6) is -0.606. The molecule has 0 atom stereocenters. The molecule has 6 nitrogen and oxygen atoms in total. The predicted molar refractivity (Wildman–Crippen MR) is 108 cm³/mol. The van der Waals surface area contributed by atoms with Gasteiger partial charge in [-0.25, -0.2) is 0 Å². The van der Waals surface area contributed by atoms with Crippen molar-refractivity contribution < 1.29 is 14.4 Å². The fourth-order valence-corrected chi connectivity index (χ4v) is 3.41. The number of carbonyl (C=O) groups excluding carboxylic acids is 3. The average Bonchev–Trinajstić information content (AvgIpc) is 3.14. The van der Waals surface area contributed by atoms with Crippen molar-refractivity contribution in [2.24, 2.45) is 0 Å². The molecule has 0 aliphatic rings. The highest BCUT2D eigenvalue weighted by Gasteiger charge is 2.10. The molecule has 2 rings (SSSR count). The average molecular weight is 388 g/mol. The normalized spacial score (nSPS) is 10.3. The Morgan fingerprint density at radius 3 is 2.33 bits per heavy atom. The van der Waals surface area contributed by atoms with Crippen LogP contribution in [0.25, 0.3) is 0 Å². The molecule has 0 saturated carbocycles. The molecule has 0 aliphatic heterocycles. The zero-order chi connectivity index (χ0) is 19.8. The van der Waals surface area contributed by atoms with Crippen LogP contribution in [0.3, 0.4) is 0 Å². The Balaban J connectivity index is 1.66. The fourth-order valence-electron chi connectivity index (χ4n) is 2.77. The van der Waals surface area contributed by atoms with Crippen molar-refractivity contribution in [3.05, 3.63) is 51.2 Å². The van der Waals surface area contributed by atoms with E-state index in [0.29, 0.717) is 17.8 Å². The standard InChI is InChI=1S/C20H25N3O3S/c1-13-10-14(2)19(15(3)11-13)23-18(25)12-22-17(24)7-4-8-21-20(26)16-6-5-9-27-16/h5-6,9-11H,4,7-8,12H2,1-3H3,(H,21,26)(H,22,24)(H,23,25). The Morgan fingerprint density at radius 1 is 1.00 bits per heavy atom. The number of nitrogens with one attached hydrogen (secondary N) is 3. The summed E-state index contributed by atoms with van der Waals surface area (Å²) in [6.45, 7) is 6.23. The molecular weight excluding hydrogens is 362 g/mol. The summed E-state index contributed by atoms with van der Waals surface area (Å²) in [6.07, 6.45) is 0.765. The predicted octanol–water partition coefficient (Wildman–Crippen LogP) is 2.94. The first-order chi connectivity index (χ1) is 12.9. The van der Waals surface area contributed by atoms with E-state index in [4.69, 9.17) is 0 Å². The second kappa shape index (κ2) is 9.87. The van der Waals surface area contributed by atoms with E-state index in [1.54, 1.807) is 6.07 Å². The Labute approximate surface area is 163 Å². The minimum absolute atomic E-state index is 0.0762. The van der Waals surface area contributed by atoms with Gasteiger partial charge in [0, 0.05) is 18.7 Å². The molecule has 2 aromatic rings. The van der Waals surface area contributed by atoms with Crippen LogP contribution in [-0.2, 0) is 9.59 Å². The Hall–Kier alpha value is -2.67. The third-order valence-corrected chi connectivity index (χ3v) is 4.87. The van der Waals surface area contributed by atoms with Crippen molar-refractivity contribution in [2.75, 3.05) is 18.4 Å². The molecule has 0 spiro atoms. The van der Waals surface area contributed by atoms with E-state index in [0.717, 1.165) is 22.4 Å². The molecule has 1 aromatic heterocycles. The highest BCUT2D eigenvalue weighted by atomic mass is 32.1. The number of amides is 3. The van der Waals surface area contributed by atoms with Gasteiger partial charge in [0.1, 0.15) is 0 Å². The van der Waals surface area contributed by atoms with Gasteiger partial charge in [0.2, 0.25) is 11.8 Å². The summed E-state index contributed by atoms with van der Waals surface area (Å²) < 4.78 is 0. The monoisotopic (exact) mass is 387 g/mol. The van der Waals surface area contributed by atoms with Gasteiger partial charge >= 0.3 is 0 Å². The molecule has 3 N–H and O–H groups in total. The largest absolute Gasteiger partial charge is 0.351 e. The van der Waals surface area contributed by atoms with Crippen molar-refractivity contribution in [2.45, 2.75) is 33.6 Å². The maximum Gasteiger partial charge on any atom is 0.261 e. The zero-order valence-electron chi connectivity index (χ0n) is 15.8. The third kappa shape index (κ3) is 6.53. The third-order valence-electron chi connectivity index (χ3n) is 4.00. The lowest BCUT2D eigenvalue weighted by atomic mass is 10.1. The van der Waals surface area contributed by atoms with Crippen molar-refractivity contribution in [1.29, 1.82) is 0 Å². The van der Waals surface area contributed by atoms with Crippen LogP contribution < -0.4 is 16.0 Å². The van der Waals surface area contributed by atoms with Crippen LogP contribution in [0.5, 0.6) is 0 Å². The Morgan fingerprint density at radius 2 is 1.70 bits per heavy atom. The van der Waals surface area contributed by atoms with Crippen molar-refractivity contribution in [1.82, 2.24) is 10.6 Å². The van der Waals surface area contributed by atoms with Gasteiger partial charge in [-0.2, -0.15) is 0 Å². The zero-order valence-corrected chi connectivity index (χ0v) is 16.7. The molecule has 0 radical (unpaired) electrons. The first kappa shape index (κ1) is 20.6. The van der Waals surface area contributed by atoms with E-state index in [1.807, 2.05) is 44.4 Å². The van der Waals surface area contributed by atoms with Crippen molar-refractivity contribution in [3.8, 4) is 0 Å². The second-order valence-electron chi connectivity index (χ2n) is 6.44. The van der Waals surface area contributed by atoms with Gasteiger partial charge in [0.15, 0.2) is 0 Å².